The SMILES string of the molecule is CC(C)(O)OC1CC(COCc2ccccc2)=C(I)[C@@H]1O. The molecule has 0 aromatic heterocycles. The summed E-state index contributed by atoms with van der Waals surface area (Å²) in [6.07, 6.45) is -0.516. The van der Waals surface area contributed by atoms with Crippen LogP contribution in [0.2, 0.25) is 0 Å². The molecular formula is C16H21IO4. The van der Waals surface area contributed by atoms with Gasteiger partial charge in [-0.2, -0.15) is 0 Å². The Morgan fingerprint density at radius 2 is 1.90 bits per heavy atom. The molecule has 0 saturated carbocycles. The highest BCUT2D eigenvalue weighted by atomic mass is 127. The Balaban J connectivity index is 1.86. The zero-order valence-electron chi connectivity index (χ0n) is 12.3. The average Bonchev–Trinajstić information content (AvgIpc) is 2.67. The Kier molecular flexibility index (Phi) is 5.79. The van der Waals surface area contributed by atoms with Crippen molar-refractivity contribution in [1.29, 1.82) is 0 Å². The van der Waals surface area contributed by atoms with Crippen LogP contribution in [0.1, 0.15) is 25.8 Å². The molecule has 0 bridgehead atoms. The first-order valence-corrected chi connectivity index (χ1v) is 8.02. The molecular weight excluding hydrogens is 383 g/mol. The van der Waals surface area contributed by atoms with Gasteiger partial charge in [0.15, 0.2) is 5.79 Å². The molecule has 0 fully saturated rings. The fraction of sp³-hybridized carbons (Fsp3) is 0.500. The molecule has 2 atom stereocenters. The fourth-order valence-corrected chi connectivity index (χ4v) is 3.07. The zero-order chi connectivity index (χ0) is 15.5. The minimum absolute atomic E-state index is 0.410. The van der Waals surface area contributed by atoms with Crippen LogP contribution in [0.4, 0.5) is 0 Å². The molecule has 0 radical (unpaired) electrons. The highest BCUT2D eigenvalue weighted by molar-refractivity contribution is 14.1. The normalized spacial score (nSPS) is 22.9. The number of aliphatic hydroxyl groups excluding tert-OH is 1. The largest absolute Gasteiger partial charge is 0.385 e. The van der Waals surface area contributed by atoms with Gasteiger partial charge in [0, 0.05) is 10.0 Å². The number of benzene rings is 1. The van der Waals surface area contributed by atoms with Gasteiger partial charge in [-0.05, 0) is 47.6 Å². The van der Waals surface area contributed by atoms with Crippen molar-refractivity contribution in [2.24, 2.45) is 0 Å². The van der Waals surface area contributed by atoms with Crippen LogP contribution in [-0.4, -0.2) is 34.8 Å². The quantitative estimate of drug-likeness (QED) is 0.566. The van der Waals surface area contributed by atoms with Crippen LogP contribution >= 0.6 is 22.6 Å². The van der Waals surface area contributed by atoms with E-state index in [4.69, 9.17) is 9.47 Å². The maximum Gasteiger partial charge on any atom is 0.160 e. The topological polar surface area (TPSA) is 58.9 Å². The third-order valence-electron chi connectivity index (χ3n) is 3.22. The van der Waals surface area contributed by atoms with Gasteiger partial charge in [0.25, 0.3) is 0 Å². The molecule has 1 aromatic carbocycles. The fourth-order valence-electron chi connectivity index (χ4n) is 2.30. The van der Waals surface area contributed by atoms with Gasteiger partial charge in [-0.1, -0.05) is 30.3 Å². The van der Waals surface area contributed by atoms with Crippen molar-refractivity contribution in [3.8, 4) is 0 Å². The van der Waals surface area contributed by atoms with Gasteiger partial charge in [-0.25, -0.2) is 0 Å². The van der Waals surface area contributed by atoms with Gasteiger partial charge in [-0.3, -0.25) is 0 Å². The van der Waals surface area contributed by atoms with Gasteiger partial charge in [0.05, 0.1) is 19.3 Å². The molecule has 2 N–H and O–H groups in total. The Hall–Kier alpha value is -0.470. The lowest BCUT2D eigenvalue weighted by Gasteiger charge is -2.25. The van der Waals surface area contributed by atoms with E-state index in [9.17, 15) is 10.2 Å². The molecule has 0 amide bonds. The summed E-state index contributed by atoms with van der Waals surface area (Å²) in [5.74, 6) is -1.25. The summed E-state index contributed by atoms with van der Waals surface area (Å²) in [7, 11) is 0. The molecule has 0 aliphatic heterocycles. The Labute approximate surface area is 138 Å². The van der Waals surface area contributed by atoms with Gasteiger partial charge in [0.2, 0.25) is 0 Å². The molecule has 1 aliphatic rings. The summed E-state index contributed by atoms with van der Waals surface area (Å²) in [6.45, 7) is 4.14. The van der Waals surface area contributed by atoms with Crippen molar-refractivity contribution in [1.82, 2.24) is 0 Å². The third-order valence-corrected chi connectivity index (χ3v) is 4.63. The number of ether oxygens (including phenoxy) is 2. The van der Waals surface area contributed by atoms with Crippen LogP contribution in [0.15, 0.2) is 39.5 Å². The predicted molar refractivity (Wildman–Crippen MR) is 88.9 cm³/mol. The second kappa shape index (κ2) is 7.19. The zero-order valence-corrected chi connectivity index (χ0v) is 14.4. The van der Waals surface area contributed by atoms with Gasteiger partial charge in [0.1, 0.15) is 6.10 Å². The van der Waals surface area contributed by atoms with Crippen molar-refractivity contribution in [3.63, 3.8) is 0 Å². The molecule has 116 valence electrons. The van der Waals surface area contributed by atoms with E-state index < -0.39 is 18.0 Å². The smallest absolute Gasteiger partial charge is 0.160 e. The summed E-state index contributed by atoms with van der Waals surface area (Å²) >= 11 is 2.13. The van der Waals surface area contributed by atoms with E-state index in [0.29, 0.717) is 19.6 Å². The van der Waals surface area contributed by atoms with Crippen LogP contribution in [0.5, 0.6) is 0 Å². The first-order valence-electron chi connectivity index (χ1n) is 6.94. The van der Waals surface area contributed by atoms with Crippen molar-refractivity contribution in [2.75, 3.05) is 6.61 Å². The van der Waals surface area contributed by atoms with Crippen molar-refractivity contribution in [2.45, 2.75) is 44.9 Å². The summed E-state index contributed by atoms with van der Waals surface area (Å²) < 4.78 is 12.0. The summed E-state index contributed by atoms with van der Waals surface area (Å²) in [5.41, 5.74) is 2.16. The van der Waals surface area contributed by atoms with E-state index in [1.54, 1.807) is 13.8 Å². The van der Waals surface area contributed by atoms with E-state index >= 15 is 0 Å². The van der Waals surface area contributed by atoms with Crippen LogP contribution in [0.25, 0.3) is 0 Å². The number of rotatable bonds is 6. The lowest BCUT2D eigenvalue weighted by atomic mass is 10.2. The van der Waals surface area contributed by atoms with Crippen LogP contribution in [0.3, 0.4) is 0 Å². The van der Waals surface area contributed by atoms with E-state index in [0.717, 1.165) is 14.7 Å². The molecule has 5 heteroatoms. The van der Waals surface area contributed by atoms with E-state index in [-0.39, 0.29) is 0 Å². The van der Waals surface area contributed by atoms with E-state index in [2.05, 4.69) is 22.6 Å². The minimum Gasteiger partial charge on any atom is -0.385 e. The number of aliphatic hydroxyl groups is 2. The maximum atomic E-state index is 10.2. The number of halogens is 1. The van der Waals surface area contributed by atoms with E-state index in [1.807, 2.05) is 30.3 Å². The second-order valence-corrected chi connectivity index (χ2v) is 6.84. The minimum atomic E-state index is -1.25. The summed E-state index contributed by atoms with van der Waals surface area (Å²) in [4.78, 5) is 0. The summed E-state index contributed by atoms with van der Waals surface area (Å²) in [5, 5.41) is 19.9. The summed E-state index contributed by atoms with van der Waals surface area (Å²) in [6, 6.07) is 9.97. The average molecular weight is 404 g/mol. The van der Waals surface area contributed by atoms with Crippen molar-refractivity contribution in [3.05, 3.63) is 45.0 Å². The Morgan fingerprint density at radius 1 is 1.24 bits per heavy atom. The lowest BCUT2D eigenvalue weighted by molar-refractivity contribution is -0.217. The van der Waals surface area contributed by atoms with Crippen LogP contribution in [-0.2, 0) is 16.1 Å². The molecule has 4 nitrogen and oxygen atoms in total. The van der Waals surface area contributed by atoms with Gasteiger partial charge < -0.3 is 19.7 Å². The Bertz CT molecular complexity index is 493. The van der Waals surface area contributed by atoms with Gasteiger partial charge in [-0.15, -0.1) is 0 Å². The first kappa shape index (κ1) is 16.9. The van der Waals surface area contributed by atoms with E-state index in [1.165, 1.54) is 0 Å². The second-order valence-electron chi connectivity index (χ2n) is 5.68. The monoisotopic (exact) mass is 404 g/mol. The predicted octanol–water partition coefficient (Wildman–Crippen LogP) is 2.77. The highest BCUT2D eigenvalue weighted by Gasteiger charge is 2.36. The van der Waals surface area contributed by atoms with Crippen molar-refractivity contribution >= 4 is 22.6 Å². The molecule has 21 heavy (non-hydrogen) atoms. The standard InChI is InChI=1S/C16H21IO4/c1-16(2,19)21-13-8-12(14(17)15(13)18)10-20-9-11-6-4-3-5-7-11/h3-7,13,15,18-19H,8-10H2,1-2H3/t13?,15-/m1/s1. The molecule has 1 aromatic rings. The molecule has 1 unspecified atom stereocenters. The number of hydrogen-bond acceptors (Lipinski definition) is 4. The Morgan fingerprint density at radius 3 is 2.52 bits per heavy atom. The molecule has 2 rings (SSSR count). The first-order chi connectivity index (χ1) is 9.87. The number of hydrogen-bond donors (Lipinski definition) is 2. The third kappa shape index (κ3) is 5.03. The van der Waals surface area contributed by atoms with Crippen LogP contribution < -0.4 is 0 Å². The molecule has 0 spiro atoms. The molecule has 0 saturated heterocycles. The molecule has 1 aliphatic carbocycles. The van der Waals surface area contributed by atoms with Crippen LogP contribution in [0, 0.1) is 0 Å². The molecule has 0 heterocycles. The van der Waals surface area contributed by atoms with Crippen molar-refractivity contribution < 1.29 is 19.7 Å². The van der Waals surface area contributed by atoms with Gasteiger partial charge >= 0.3 is 0 Å². The lowest BCUT2D eigenvalue weighted by Crippen LogP contribution is -2.35. The maximum absolute atomic E-state index is 10.2. The highest BCUT2D eigenvalue weighted by Crippen LogP contribution is 2.35.